The molecule has 2 aromatic rings. The summed E-state index contributed by atoms with van der Waals surface area (Å²) >= 11 is 0. The van der Waals surface area contributed by atoms with Crippen LogP contribution in [-0.4, -0.2) is 17.9 Å². The molecule has 2 nitrogen and oxygen atoms in total. The third kappa shape index (κ3) is 2.96. The molecule has 2 saturated heterocycles. The van der Waals surface area contributed by atoms with E-state index in [4.69, 9.17) is 0 Å². The van der Waals surface area contributed by atoms with Crippen molar-refractivity contribution in [3.05, 3.63) is 60.2 Å². The maximum atomic E-state index is 13.2. The van der Waals surface area contributed by atoms with Crippen LogP contribution in [0.5, 0.6) is 0 Å². The highest BCUT2D eigenvalue weighted by molar-refractivity contribution is 6.03. The first-order chi connectivity index (χ1) is 11.3. The molecule has 0 saturated carbocycles. The fraction of sp³-hybridized carbons (Fsp3) is 0.381. The molecule has 0 amide bonds. The van der Waals surface area contributed by atoms with Gasteiger partial charge in [-0.25, -0.2) is 0 Å². The van der Waals surface area contributed by atoms with Gasteiger partial charge in [0.2, 0.25) is 0 Å². The minimum absolute atomic E-state index is 0.177. The number of fused-ring (bicyclic) bond motifs is 2. The van der Waals surface area contributed by atoms with Crippen molar-refractivity contribution in [2.45, 2.75) is 44.2 Å². The van der Waals surface area contributed by atoms with Gasteiger partial charge in [0.05, 0.1) is 0 Å². The minimum Gasteiger partial charge on any atom is -0.311 e. The van der Waals surface area contributed by atoms with Crippen LogP contribution >= 0.6 is 0 Å². The van der Waals surface area contributed by atoms with Crippen molar-refractivity contribution in [3.8, 4) is 11.1 Å². The second kappa shape index (κ2) is 6.29. The summed E-state index contributed by atoms with van der Waals surface area (Å²) in [5.41, 5.74) is 3.09. The summed E-state index contributed by atoms with van der Waals surface area (Å²) in [7, 11) is 0. The second-order valence-electron chi connectivity index (χ2n) is 6.94. The highest BCUT2D eigenvalue weighted by Gasteiger charge is 2.35. The highest BCUT2D eigenvalue weighted by Crippen LogP contribution is 2.34. The first kappa shape index (κ1) is 14.6. The van der Waals surface area contributed by atoms with E-state index in [1.807, 2.05) is 36.4 Å². The Morgan fingerprint density at radius 3 is 2.26 bits per heavy atom. The van der Waals surface area contributed by atoms with Gasteiger partial charge in [-0.2, -0.15) is 0 Å². The van der Waals surface area contributed by atoms with Gasteiger partial charge < -0.3 is 5.32 Å². The summed E-state index contributed by atoms with van der Waals surface area (Å²) in [6.07, 6.45) is 5.75. The van der Waals surface area contributed by atoms with Gasteiger partial charge in [-0.05, 0) is 36.8 Å². The molecule has 2 heterocycles. The molecule has 2 fully saturated rings. The van der Waals surface area contributed by atoms with Gasteiger partial charge in [0, 0.05) is 23.6 Å². The van der Waals surface area contributed by atoms with Gasteiger partial charge in [0.1, 0.15) is 0 Å². The Morgan fingerprint density at radius 2 is 1.52 bits per heavy atom. The molecule has 0 aliphatic carbocycles. The van der Waals surface area contributed by atoms with E-state index in [9.17, 15) is 4.79 Å². The Hall–Kier alpha value is -1.93. The van der Waals surface area contributed by atoms with E-state index in [2.05, 4.69) is 23.5 Å². The van der Waals surface area contributed by atoms with Crippen LogP contribution in [0.15, 0.2) is 54.6 Å². The lowest BCUT2D eigenvalue weighted by Crippen LogP contribution is -2.50. The number of carbonyl (C=O) groups excluding carboxylic acids is 1. The Bertz CT molecular complexity index is 682. The average molecular weight is 305 g/mol. The zero-order valence-electron chi connectivity index (χ0n) is 13.4. The van der Waals surface area contributed by atoms with Crippen molar-refractivity contribution in [1.82, 2.24) is 5.32 Å². The predicted molar refractivity (Wildman–Crippen MR) is 93.5 cm³/mol. The molecular weight excluding hydrogens is 282 g/mol. The quantitative estimate of drug-likeness (QED) is 0.848. The number of carbonyl (C=O) groups is 1. The number of hydrogen-bond acceptors (Lipinski definition) is 2. The van der Waals surface area contributed by atoms with Crippen molar-refractivity contribution in [2.24, 2.45) is 5.92 Å². The van der Waals surface area contributed by atoms with Gasteiger partial charge in [0.25, 0.3) is 0 Å². The standard InChI is InChI=1S/C21H23NO/c23-21(16-13-17-9-6-10-18(14-16)22-17)20-12-5-4-11-19(20)15-7-2-1-3-8-15/h1-5,7-8,11-12,16-18,22H,6,9-10,13-14H2. The highest BCUT2D eigenvalue weighted by atomic mass is 16.1. The molecule has 0 spiro atoms. The first-order valence-electron chi connectivity index (χ1n) is 8.76. The van der Waals surface area contributed by atoms with Crippen LogP contribution in [0.3, 0.4) is 0 Å². The first-order valence-corrected chi connectivity index (χ1v) is 8.76. The lowest BCUT2D eigenvalue weighted by atomic mass is 9.76. The zero-order chi connectivity index (χ0) is 15.6. The van der Waals surface area contributed by atoms with E-state index < -0.39 is 0 Å². The third-order valence-corrected chi connectivity index (χ3v) is 5.36. The largest absolute Gasteiger partial charge is 0.311 e. The molecule has 0 aromatic heterocycles. The molecule has 23 heavy (non-hydrogen) atoms. The number of ketones is 1. The Balaban J connectivity index is 1.64. The summed E-state index contributed by atoms with van der Waals surface area (Å²) in [5.74, 6) is 0.513. The molecule has 118 valence electrons. The fourth-order valence-electron chi connectivity index (χ4n) is 4.27. The number of nitrogens with one attached hydrogen (secondary N) is 1. The molecular formula is C21H23NO. The van der Waals surface area contributed by atoms with Crippen molar-refractivity contribution in [2.75, 3.05) is 0 Å². The maximum absolute atomic E-state index is 13.2. The molecule has 2 atom stereocenters. The normalized spacial score (nSPS) is 26.7. The number of benzene rings is 2. The topological polar surface area (TPSA) is 29.1 Å². The molecule has 0 radical (unpaired) electrons. The van der Waals surface area contributed by atoms with E-state index in [0.717, 1.165) is 29.5 Å². The van der Waals surface area contributed by atoms with Crippen LogP contribution in [-0.2, 0) is 0 Å². The van der Waals surface area contributed by atoms with Crippen LogP contribution in [0.4, 0.5) is 0 Å². The van der Waals surface area contributed by atoms with Crippen molar-refractivity contribution in [3.63, 3.8) is 0 Å². The molecule has 2 aromatic carbocycles. The van der Waals surface area contributed by atoms with Gasteiger partial charge in [-0.15, -0.1) is 0 Å². The molecule has 1 N–H and O–H groups in total. The summed E-state index contributed by atoms with van der Waals surface area (Å²) in [5, 5.41) is 3.68. The summed E-state index contributed by atoms with van der Waals surface area (Å²) in [4.78, 5) is 13.2. The predicted octanol–water partition coefficient (Wildman–Crippen LogP) is 4.46. The van der Waals surface area contributed by atoms with Gasteiger partial charge in [-0.3, -0.25) is 4.79 Å². The lowest BCUT2D eigenvalue weighted by molar-refractivity contribution is 0.0826. The van der Waals surface area contributed by atoms with E-state index >= 15 is 0 Å². The smallest absolute Gasteiger partial charge is 0.166 e. The average Bonchev–Trinajstić information content (AvgIpc) is 2.61. The van der Waals surface area contributed by atoms with Crippen LogP contribution in [0.25, 0.3) is 11.1 Å². The van der Waals surface area contributed by atoms with Crippen molar-refractivity contribution >= 4 is 5.78 Å². The third-order valence-electron chi connectivity index (χ3n) is 5.36. The van der Waals surface area contributed by atoms with E-state index in [-0.39, 0.29) is 5.92 Å². The number of piperidine rings is 2. The van der Waals surface area contributed by atoms with E-state index in [1.54, 1.807) is 0 Å². The molecule has 2 bridgehead atoms. The van der Waals surface area contributed by atoms with Crippen LogP contribution in [0.1, 0.15) is 42.5 Å². The number of rotatable bonds is 3. The lowest BCUT2D eigenvalue weighted by Gasteiger charge is -2.40. The number of Topliss-reactive ketones (excluding diaryl/α,β-unsaturated/α-hetero) is 1. The number of hydrogen-bond donors (Lipinski definition) is 1. The minimum atomic E-state index is 0.177. The summed E-state index contributed by atoms with van der Waals surface area (Å²) in [6.45, 7) is 0. The molecule has 2 aliphatic rings. The SMILES string of the molecule is O=C(c1ccccc1-c1ccccc1)C1CC2CCCC(C1)N2. The van der Waals surface area contributed by atoms with Crippen LogP contribution in [0.2, 0.25) is 0 Å². The Kier molecular flexibility index (Phi) is 4.00. The second-order valence-corrected chi connectivity index (χ2v) is 6.94. The van der Waals surface area contributed by atoms with E-state index in [0.29, 0.717) is 17.9 Å². The molecule has 2 heteroatoms. The molecule has 4 rings (SSSR count). The van der Waals surface area contributed by atoms with Crippen LogP contribution in [0, 0.1) is 5.92 Å². The molecule has 2 aliphatic heterocycles. The summed E-state index contributed by atoms with van der Waals surface area (Å²) in [6, 6.07) is 19.4. The fourth-order valence-corrected chi connectivity index (χ4v) is 4.27. The van der Waals surface area contributed by atoms with Crippen molar-refractivity contribution < 1.29 is 4.79 Å². The van der Waals surface area contributed by atoms with Gasteiger partial charge >= 0.3 is 0 Å². The van der Waals surface area contributed by atoms with Crippen LogP contribution < -0.4 is 5.32 Å². The van der Waals surface area contributed by atoms with E-state index in [1.165, 1.54) is 19.3 Å². The van der Waals surface area contributed by atoms with Crippen molar-refractivity contribution in [1.29, 1.82) is 0 Å². The summed E-state index contributed by atoms with van der Waals surface area (Å²) < 4.78 is 0. The van der Waals surface area contributed by atoms with Gasteiger partial charge in [0.15, 0.2) is 5.78 Å². The van der Waals surface area contributed by atoms with Gasteiger partial charge in [-0.1, -0.05) is 61.0 Å². The Labute approximate surface area is 137 Å². The zero-order valence-corrected chi connectivity index (χ0v) is 13.4. The monoisotopic (exact) mass is 305 g/mol. The molecule has 2 unspecified atom stereocenters. The maximum Gasteiger partial charge on any atom is 0.166 e. The Morgan fingerprint density at radius 1 is 0.870 bits per heavy atom.